The highest BCUT2D eigenvalue weighted by Gasteiger charge is 2.20. The Morgan fingerprint density at radius 1 is 1.00 bits per heavy atom. The number of allylic oxidation sites excluding steroid dienone is 3. The first-order valence-electron chi connectivity index (χ1n) is 9.18. The molecular weight excluding hydrogens is 288 g/mol. The monoisotopic (exact) mass is 320 g/mol. The van der Waals surface area contributed by atoms with E-state index in [4.69, 9.17) is 5.11 Å². The van der Waals surface area contributed by atoms with E-state index in [0.717, 1.165) is 6.42 Å². The smallest absolute Gasteiger partial charge is 0.340 e. The Hall–Kier alpha value is -1.35. The number of rotatable bonds is 13. The summed E-state index contributed by atoms with van der Waals surface area (Å²) < 4.78 is 4.59. The van der Waals surface area contributed by atoms with E-state index in [-0.39, 0.29) is 0 Å². The van der Waals surface area contributed by atoms with Crippen molar-refractivity contribution in [3.8, 4) is 0 Å². The van der Waals surface area contributed by atoms with Gasteiger partial charge in [0.2, 0.25) is 6.29 Å². The summed E-state index contributed by atoms with van der Waals surface area (Å²) in [5.74, 6) is -0.461. The lowest BCUT2D eigenvalue weighted by Gasteiger charge is -2.01. The minimum atomic E-state index is -1.09. The van der Waals surface area contributed by atoms with Crippen molar-refractivity contribution in [2.75, 3.05) is 0 Å². The first-order valence-corrected chi connectivity index (χ1v) is 9.18. The summed E-state index contributed by atoms with van der Waals surface area (Å²) in [4.78, 5) is 11.2. The fraction of sp³-hybridized carbons (Fsp3) is 0.650. The van der Waals surface area contributed by atoms with E-state index in [1.165, 1.54) is 70.3 Å². The van der Waals surface area contributed by atoms with Crippen LogP contribution in [0.25, 0.3) is 0 Å². The van der Waals surface area contributed by atoms with Crippen LogP contribution in [0.1, 0.15) is 77.6 Å². The zero-order valence-corrected chi connectivity index (χ0v) is 14.5. The molecule has 1 rings (SSSR count). The summed E-state index contributed by atoms with van der Waals surface area (Å²) >= 11 is 0. The Labute approximate surface area is 141 Å². The van der Waals surface area contributed by atoms with Gasteiger partial charge in [0.25, 0.3) is 0 Å². The van der Waals surface area contributed by atoms with Crippen molar-refractivity contribution in [2.45, 2.75) is 83.8 Å². The molecule has 1 N–H and O–H groups in total. The predicted molar refractivity (Wildman–Crippen MR) is 94.9 cm³/mol. The van der Waals surface area contributed by atoms with Gasteiger partial charge < -0.3 is 9.84 Å². The maximum absolute atomic E-state index is 11.2. The second kappa shape index (κ2) is 13.1. The summed E-state index contributed by atoms with van der Waals surface area (Å²) in [6.45, 7) is 2.26. The zero-order chi connectivity index (χ0) is 16.8. The molecule has 0 aromatic carbocycles. The first-order chi connectivity index (χ1) is 11.2. The average molecular weight is 320 g/mol. The van der Waals surface area contributed by atoms with Crippen molar-refractivity contribution in [1.29, 1.82) is 0 Å². The molecule has 0 amide bonds. The molecule has 1 heterocycles. The van der Waals surface area contributed by atoms with Crippen LogP contribution in [0.15, 0.2) is 36.0 Å². The van der Waals surface area contributed by atoms with Gasteiger partial charge in [0.1, 0.15) is 0 Å². The number of hydrogen-bond donors (Lipinski definition) is 1. The van der Waals surface area contributed by atoms with Gasteiger partial charge in [-0.15, -0.1) is 0 Å². The Bertz CT molecular complexity index is 407. The van der Waals surface area contributed by atoms with Crippen molar-refractivity contribution in [2.24, 2.45) is 0 Å². The van der Waals surface area contributed by atoms with E-state index in [2.05, 4.69) is 17.7 Å². The average Bonchev–Trinajstić information content (AvgIpc) is 2.85. The van der Waals surface area contributed by atoms with Gasteiger partial charge in [-0.1, -0.05) is 82.9 Å². The summed E-state index contributed by atoms with van der Waals surface area (Å²) in [6, 6.07) is 0. The minimum absolute atomic E-state index is 0.418. The molecule has 0 saturated heterocycles. The van der Waals surface area contributed by atoms with Crippen LogP contribution < -0.4 is 0 Å². The van der Waals surface area contributed by atoms with Crippen LogP contribution in [0.5, 0.6) is 0 Å². The number of unbranched alkanes of at least 4 members (excludes halogenated alkanes) is 10. The Morgan fingerprint density at radius 2 is 1.61 bits per heavy atom. The van der Waals surface area contributed by atoms with E-state index in [1.54, 1.807) is 6.08 Å². The predicted octanol–water partition coefficient (Wildman–Crippen LogP) is 5.21. The second-order valence-corrected chi connectivity index (χ2v) is 6.18. The molecule has 1 atom stereocenters. The van der Waals surface area contributed by atoms with Crippen molar-refractivity contribution >= 4 is 5.97 Å². The third-order valence-electron chi connectivity index (χ3n) is 4.03. The number of aliphatic hydroxyl groups excluding tert-OH is 1. The topological polar surface area (TPSA) is 46.5 Å². The van der Waals surface area contributed by atoms with Gasteiger partial charge in [-0.3, -0.25) is 0 Å². The van der Waals surface area contributed by atoms with Gasteiger partial charge in [0.05, 0.1) is 5.57 Å². The van der Waals surface area contributed by atoms with Gasteiger partial charge in [-0.2, -0.15) is 0 Å². The molecule has 1 unspecified atom stereocenters. The van der Waals surface area contributed by atoms with Crippen LogP contribution >= 0.6 is 0 Å². The third-order valence-corrected chi connectivity index (χ3v) is 4.03. The molecule has 0 aliphatic carbocycles. The second-order valence-electron chi connectivity index (χ2n) is 6.18. The Morgan fingerprint density at radius 3 is 2.17 bits per heavy atom. The molecule has 0 spiro atoms. The van der Waals surface area contributed by atoms with Crippen LogP contribution in [0, 0.1) is 0 Å². The summed E-state index contributed by atoms with van der Waals surface area (Å²) in [7, 11) is 0. The molecular formula is C20H32O3. The minimum Gasteiger partial charge on any atom is -0.429 e. The van der Waals surface area contributed by atoms with Crippen molar-refractivity contribution in [3.05, 3.63) is 36.0 Å². The third kappa shape index (κ3) is 10.1. The SMILES string of the molecule is CCCCCCCCCCCCC=CC=CC1=CC(O)OC1=O. The summed E-state index contributed by atoms with van der Waals surface area (Å²) in [6.07, 6.45) is 22.5. The molecule has 23 heavy (non-hydrogen) atoms. The lowest BCUT2D eigenvalue weighted by molar-refractivity contribution is -0.150. The number of aliphatic hydroxyl groups is 1. The van der Waals surface area contributed by atoms with Crippen molar-refractivity contribution < 1.29 is 14.6 Å². The lowest BCUT2D eigenvalue weighted by atomic mass is 10.1. The van der Waals surface area contributed by atoms with E-state index >= 15 is 0 Å². The highest BCUT2D eigenvalue weighted by Crippen LogP contribution is 2.13. The van der Waals surface area contributed by atoms with Gasteiger partial charge >= 0.3 is 5.97 Å². The van der Waals surface area contributed by atoms with Crippen LogP contribution in [0.3, 0.4) is 0 Å². The fourth-order valence-electron chi connectivity index (χ4n) is 2.64. The Balaban J connectivity index is 1.91. The summed E-state index contributed by atoms with van der Waals surface area (Å²) in [5.41, 5.74) is 0.418. The van der Waals surface area contributed by atoms with E-state index in [0.29, 0.717) is 5.57 Å². The van der Waals surface area contributed by atoms with Crippen LogP contribution in [0.4, 0.5) is 0 Å². The molecule has 0 fully saturated rings. The molecule has 1 aliphatic rings. The number of carbonyl (C=O) groups excluding carboxylic acids is 1. The van der Waals surface area contributed by atoms with Crippen molar-refractivity contribution in [3.63, 3.8) is 0 Å². The van der Waals surface area contributed by atoms with E-state index in [1.807, 2.05) is 12.2 Å². The van der Waals surface area contributed by atoms with Gasteiger partial charge in [0, 0.05) is 0 Å². The number of ether oxygens (including phenoxy) is 1. The maximum atomic E-state index is 11.2. The fourth-order valence-corrected chi connectivity index (χ4v) is 2.64. The van der Waals surface area contributed by atoms with Gasteiger partial charge in [0.15, 0.2) is 0 Å². The maximum Gasteiger partial charge on any atom is 0.340 e. The summed E-state index contributed by atoms with van der Waals surface area (Å²) in [5, 5.41) is 9.11. The zero-order valence-electron chi connectivity index (χ0n) is 14.5. The molecule has 3 nitrogen and oxygen atoms in total. The highest BCUT2D eigenvalue weighted by molar-refractivity contribution is 5.93. The number of esters is 1. The van der Waals surface area contributed by atoms with E-state index < -0.39 is 12.3 Å². The largest absolute Gasteiger partial charge is 0.429 e. The van der Waals surface area contributed by atoms with Gasteiger partial charge in [-0.25, -0.2) is 4.79 Å². The number of carbonyl (C=O) groups is 1. The van der Waals surface area contributed by atoms with Gasteiger partial charge in [-0.05, 0) is 25.0 Å². The molecule has 0 aromatic heterocycles. The van der Waals surface area contributed by atoms with Crippen molar-refractivity contribution in [1.82, 2.24) is 0 Å². The highest BCUT2D eigenvalue weighted by atomic mass is 16.6. The number of cyclic esters (lactones) is 1. The molecule has 0 saturated carbocycles. The standard InChI is InChI=1S/C20H32O3/c1-2-3-4-5-6-7-8-9-10-11-12-13-14-15-16-18-17-19(21)23-20(18)22/h13-17,19,21H,2-12H2,1H3. The molecule has 1 aliphatic heterocycles. The normalized spacial score (nSPS) is 18.1. The van der Waals surface area contributed by atoms with Crippen LogP contribution in [0.2, 0.25) is 0 Å². The number of hydrogen-bond acceptors (Lipinski definition) is 3. The van der Waals surface area contributed by atoms with E-state index in [9.17, 15) is 4.79 Å². The Kier molecular flexibility index (Phi) is 11.2. The molecule has 0 aromatic rings. The lowest BCUT2D eigenvalue weighted by Crippen LogP contribution is -2.05. The quantitative estimate of drug-likeness (QED) is 0.288. The first kappa shape index (κ1) is 19.7. The molecule has 130 valence electrons. The molecule has 3 heteroatoms. The molecule has 0 radical (unpaired) electrons. The van der Waals surface area contributed by atoms with Crippen LogP contribution in [-0.4, -0.2) is 17.4 Å². The molecule has 0 bridgehead atoms. The van der Waals surface area contributed by atoms with Crippen LogP contribution in [-0.2, 0) is 9.53 Å².